The molecule has 0 unspecified atom stereocenters. The number of hydrogen-bond donors (Lipinski definition) is 0. The molecule has 0 atom stereocenters. The standard InChI is InChI=1S/C18H20ClO3P/c1-3-4-12-22-13-8-10-14(11-9-13)23-18(20)17-15(19)6-5-7-16(17)21-2/h5-11,20H,3-4,12H2,1-2H3/p-1. The summed E-state index contributed by atoms with van der Waals surface area (Å²) in [5, 5.41) is 13.8. The molecule has 0 saturated heterocycles. The van der Waals surface area contributed by atoms with Crippen LogP contribution >= 0.6 is 19.8 Å². The van der Waals surface area contributed by atoms with Crippen LogP contribution in [0, 0.1) is 0 Å². The van der Waals surface area contributed by atoms with Gasteiger partial charge < -0.3 is 14.6 Å². The van der Waals surface area contributed by atoms with Crippen LogP contribution < -0.4 is 19.9 Å². The first kappa shape index (κ1) is 17.8. The highest BCUT2D eigenvalue weighted by atomic mass is 35.5. The van der Waals surface area contributed by atoms with E-state index in [0.29, 0.717) is 31.1 Å². The number of hydrogen-bond acceptors (Lipinski definition) is 3. The molecule has 0 radical (unpaired) electrons. The Morgan fingerprint density at radius 2 is 1.91 bits per heavy atom. The van der Waals surface area contributed by atoms with Crippen LogP contribution in [0.5, 0.6) is 11.5 Å². The molecule has 0 aliphatic heterocycles. The van der Waals surface area contributed by atoms with Gasteiger partial charge in [0.15, 0.2) is 0 Å². The fourth-order valence-corrected chi connectivity index (χ4v) is 3.20. The number of halogens is 1. The molecule has 0 spiro atoms. The van der Waals surface area contributed by atoms with E-state index in [-0.39, 0.29) is 5.48 Å². The summed E-state index contributed by atoms with van der Waals surface area (Å²) in [5.41, 5.74) is 0.328. The van der Waals surface area contributed by atoms with Gasteiger partial charge in [-0.2, -0.15) is 0 Å². The lowest BCUT2D eigenvalue weighted by molar-refractivity contribution is -0.207. The molecule has 0 N–H and O–H groups in total. The summed E-state index contributed by atoms with van der Waals surface area (Å²) in [6.07, 6.45) is 2.13. The zero-order chi connectivity index (χ0) is 16.7. The summed E-state index contributed by atoms with van der Waals surface area (Å²) in [6, 6.07) is 12.7. The van der Waals surface area contributed by atoms with E-state index < -0.39 is 0 Å². The molecule has 2 rings (SSSR count). The van der Waals surface area contributed by atoms with E-state index in [1.54, 1.807) is 18.2 Å². The maximum atomic E-state index is 12.5. The molecule has 0 bridgehead atoms. The maximum Gasteiger partial charge on any atom is 0.126 e. The minimum Gasteiger partial charge on any atom is -0.823 e. The van der Waals surface area contributed by atoms with Gasteiger partial charge in [-0.3, -0.25) is 0 Å². The number of benzene rings is 2. The smallest absolute Gasteiger partial charge is 0.126 e. The summed E-state index contributed by atoms with van der Waals surface area (Å²) >= 11 is 6.14. The molecule has 0 aliphatic carbocycles. The van der Waals surface area contributed by atoms with E-state index in [4.69, 9.17) is 21.1 Å². The topological polar surface area (TPSA) is 41.5 Å². The zero-order valence-electron chi connectivity index (χ0n) is 13.2. The summed E-state index contributed by atoms with van der Waals surface area (Å²) in [7, 11) is 2.08. The summed E-state index contributed by atoms with van der Waals surface area (Å²) in [5.74, 6) is 1.31. The Balaban J connectivity index is 2.18. The SMILES string of the molecule is CCCCOc1ccc(P=C([O-])c2c(Cl)cccc2OC)cc1. The Bertz CT molecular complexity index is 668. The van der Waals surface area contributed by atoms with E-state index in [9.17, 15) is 5.11 Å². The quantitative estimate of drug-likeness (QED) is 0.566. The molecule has 23 heavy (non-hydrogen) atoms. The van der Waals surface area contributed by atoms with Crippen molar-refractivity contribution in [2.75, 3.05) is 13.7 Å². The van der Waals surface area contributed by atoms with Crippen LogP contribution in [0.3, 0.4) is 0 Å². The van der Waals surface area contributed by atoms with Crippen LogP contribution in [0.4, 0.5) is 0 Å². The second kappa shape index (κ2) is 8.93. The fraction of sp³-hybridized carbons (Fsp3) is 0.278. The minimum atomic E-state index is -0.0906. The van der Waals surface area contributed by atoms with Crippen molar-refractivity contribution in [1.82, 2.24) is 0 Å². The monoisotopic (exact) mass is 349 g/mol. The highest BCUT2D eigenvalue weighted by Gasteiger charge is 2.06. The number of ether oxygens (including phenoxy) is 2. The Morgan fingerprint density at radius 3 is 2.57 bits per heavy atom. The minimum absolute atomic E-state index is 0.0906. The predicted octanol–water partition coefficient (Wildman–Crippen LogP) is 3.64. The van der Waals surface area contributed by atoms with Gasteiger partial charge in [0.25, 0.3) is 0 Å². The molecule has 0 amide bonds. The Labute approximate surface area is 143 Å². The van der Waals surface area contributed by atoms with Crippen molar-refractivity contribution in [2.24, 2.45) is 0 Å². The second-order valence-electron chi connectivity index (χ2n) is 4.93. The average Bonchev–Trinajstić information content (AvgIpc) is 2.56. The molecular formula is C18H19ClO3P-. The molecule has 2 aromatic rings. The lowest BCUT2D eigenvalue weighted by Crippen LogP contribution is -2.19. The molecule has 0 saturated carbocycles. The molecule has 0 heterocycles. The van der Waals surface area contributed by atoms with E-state index in [0.717, 1.165) is 23.9 Å². The predicted molar refractivity (Wildman–Crippen MR) is 95.5 cm³/mol. The highest BCUT2D eigenvalue weighted by Crippen LogP contribution is 2.27. The van der Waals surface area contributed by atoms with Gasteiger partial charge in [-0.15, -0.1) is 0 Å². The Morgan fingerprint density at radius 1 is 1.17 bits per heavy atom. The molecule has 0 fully saturated rings. The molecule has 2 aromatic carbocycles. The van der Waals surface area contributed by atoms with Gasteiger partial charge in [-0.1, -0.05) is 44.7 Å². The fourth-order valence-electron chi connectivity index (χ4n) is 2.01. The molecule has 0 aliphatic rings. The van der Waals surface area contributed by atoms with E-state index in [2.05, 4.69) is 6.92 Å². The van der Waals surface area contributed by atoms with Crippen LogP contribution in [0.25, 0.3) is 0 Å². The zero-order valence-corrected chi connectivity index (χ0v) is 14.9. The maximum absolute atomic E-state index is 12.5. The van der Waals surface area contributed by atoms with Crippen LogP contribution in [-0.4, -0.2) is 19.2 Å². The first-order valence-corrected chi connectivity index (χ1v) is 8.74. The van der Waals surface area contributed by atoms with E-state index >= 15 is 0 Å². The van der Waals surface area contributed by atoms with Crippen molar-refractivity contribution in [3.8, 4) is 11.5 Å². The lowest BCUT2D eigenvalue weighted by atomic mass is 10.2. The van der Waals surface area contributed by atoms with E-state index in [1.807, 2.05) is 24.3 Å². The lowest BCUT2D eigenvalue weighted by Gasteiger charge is -2.17. The van der Waals surface area contributed by atoms with Crippen LogP contribution in [0.1, 0.15) is 25.3 Å². The van der Waals surface area contributed by atoms with E-state index in [1.165, 1.54) is 7.11 Å². The first-order valence-electron chi connectivity index (χ1n) is 7.47. The van der Waals surface area contributed by atoms with Crippen molar-refractivity contribution < 1.29 is 14.6 Å². The summed E-state index contributed by atoms with van der Waals surface area (Å²) < 4.78 is 10.8. The number of rotatable bonds is 7. The van der Waals surface area contributed by atoms with Crippen LogP contribution in [0.2, 0.25) is 5.02 Å². The first-order chi connectivity index (χ1) is 11.2. The van der Waals surface area contributed by atoms with Gasteiger partial charge in [-0.25, -0.2) is 0 Å². The highest BCUT2D eigenvalue weighted by molar-refractivity contribution is 7.49. The number of unbranched alkanes of at least 4 members (excludes halogenated alkanes) is 1. The van der Waals surface area contributed by atoms with Gasteiger partial charge in [0.05, 0.1) is 18.7 Å². The Hall–Kier alpha value is -1.54. The Kier molecular flexibility index (Phi) is 6.91. The molecule has 0 aromatic heterocycles. The molecular weight excluding hydrogens is 331 g/mol. The third-order valence-electron chi connectivity index (χ3n) is 3.24. The van der Waals surface area contributed by atoms with Gasteiger partial charge in [0.1, 0.15) is 11.5 Å². The van der Waals surface area contributed by atoms with Gasteiger partial charge in [0.2, 0.25) is 0 Å². The van der Waals surface area contributed by atoms with Crippen LogP contribution in [0.15, 0.2) is 42.5 Å². The van der Waals surface area contributed by atoms with Crippen LogP contribution in [-0.2, 0) is 0 Å². The van der Waals surface area contributed by atoms with Gasteiger partial charge in [0, 0.05) is 10.9 Å². The molecule has 5 heteroatoms. The summed E-state index contributed by atoms with van der Waals surface area (Å²) in [6.45, 7) is 2.84. The molecule has 3 nitrogen and oxygen atoms in total. The average molecular weight is 350 g/mol. The van der Waals surface area contributed by atoms with Crippen molar-refractivity contribution in [3.63, 3.8) is 0 Å². The summed E-state index contributed by atoms with van der Waals surface area (Å²) in [4.78, 5) is 0. The number of methoxy groups -OCH3 is 1. The van der Waals surface area contributed by atoms with Crippen molar-refractivity contribution >= 4 is 30.6 Å². The third kappa shape index (κ3) is 4.97. The normalized spacial score (nSPS) is 11.4. The second-order valence-corrected chi connectivity index (χ2v) is 6.48. The van der Waals surface area contributed by atoms with Gasteiger partial charge in [-0.05, 0) is 42.8 Å². The third-order valence-corrected chi connectivity index (χ3v) is 4.54. The van der Waals surface area contributed by atoms with Crippen molar-refractivity contribution in [1.29, 1.82) is 0 Å². The van der Waals surface area contributed by atoms with Crippen molar-refractivity contribution in [3.05, 3.63) is 53.1 Å². The van der Waals surface area contributed by atoms with Gasteiger partial charge >= 0.3 is 0 Å². The molecule has 122 valence electrons. The van der Waals surface area contributed by atoms with Crippen molar-refractivity contribution in [2.45, 2.75) is 19.8 Å². The largest absolute Gasteiger partial charge is 0.823 e.